The predicted octanol–water partition coefficient (Wildman–Crippen LogP) is 7.43. The van der Waals surface area contributed by atoms with Crippen molar-refractivity contribution in [3.63, 3.8) is 0 Å². The summed E-state index contributed by atoms with van der Waals surface area (Å²) < 4.78 is 29.1. The first-order chi connectivity index (χ1) is 28.6. The van der Waals surface area contributed by atoms with Gasteiger partial charge >= 0.3 is 6.09 Å². The quantitative estimate of drug-likeness (QED) is 0.321. The van der Waals surface area contributed by atoms with E-state index in [0.29, 0.717) is 42.9 Å². The Balaban J connectivity index is 0.000000156. The molecule has 8 saturated heterocycles. The monoisotopic (exact) mass is 813 g/mol. The van der Waals surface area contributed by atoms with Crippen molar-refractivity contribution >= 4 is 6.09 Å². The number of piperidine rings is 2. The summed E-state index contributed by atoms with van der Waals surface area (Å²) in [5.74, 6) is 2.74. The first kappa shape index (κ1) is 41.8. The highest BCUT2D eigenvalue weighted by Crippen LogP contribution is 2.42. The van der Waals surface area contributed by atoms with Crippen LogP contribution in [0.5, 0.6) is 0 Å². The molecule has 8 heterocycles. The third-order valence-corrected chi connectivity index (χ3v) is 15.2. The van der Waals surface area contributed by atoms with Gasteiger partial charge in [-0.1, -0.05) is 48.5 Å². The van der Waals surface area contributed by atoms with Crippen LogP contribution in [0, 0.1) is 0 Å². The lowest BCUT2D eigenvalue weighted by Gasteiger charge is -2.47. The van der Waals surface area contributed by atoms with Crippen LogP contribution in [0.1, 0.15) is 131 Å². The number of nitrogens with one attached hydrogen (secondary N) is 1. The Morgan fingerprint density at radius 2 is 1.00 bits per heavy atom. The Hall–Kier alpha value is -2.57. The molecule has 1 amide bonds. The summed E-state index contributed by atoms with van der Waals surface area (Å²) in [6.45, 7) is 19.2. The molecule has 8 fully saturated rings. The first-order valence-corrected chi connectivity index (χ1v) is 23.4. The van der Waals surface area contributed by atoms with Crippen molar-refractivity contribution < 1.29 is 28.5 Å². The molecular formula is C49H72N4O6. The number of hydrogen-bond donors (Lipinski definition) is 1. The minimum absolute atomic E-state index is 0.159. The average Bonchev–Trinajstić information content (AvgIpc) is 3.91. The molecule has 2 aromatic rings. The summed E-state index contributed by atoms with van der Waals surface area (Å²) in [7, 11) is 0. The smallest absolute Gasteiger partial charge is 0.410 e. The van der Waals surface area contributed by atoms with Crippen LogP contribution in [0.25, 0.3) is 0 Å². The third kappa shape index (κ3) is 9.59. The van der Waals surface area contributed by atoms with Gasteiger partial charge in [0.15, 0.2) is 0 Å². The topological polar surface area (TPSA) is 85.0 Å². The molecule has 0 radical (unpaired) electrons. The summed E-state index contributed by atoms with van der Waals surface area (Å²) in [6.07, 6.45) is 11.7. The first-order valence-electron chi connectivity index (χ1n) is 23.4. The molecule has 0 aromatic heterocycles. The number of ether oxygens (including phenoxy) is 5. The Labute approximate surface area is 354 Å². The van der Waals surface area contributed by atoms with Crippen LogP contribution in [0.3, 0.4) is 0 Å². The molecule has 0 aliphatic carbocycles. The van der Waals surface area contributed by atoms with Crippen molar-refractivity contribution in [2.45, 2.75) is 138 Å². The summed E-state index contributed by atoms with van der Waals surface area (Å²) >= 11 is 0. The highest BCUT2D eigenvalue weighted by Gasteiger charge is 2.53. The van der Waals surface area contributed by atoms with Gasteiger partial charge in [0.2, 0.25) is 0 Å². The van der Waals surface area contributed by atoms with Crippen LogP contribution in [-0.2, 0) is 23.7 Å². The SMILES string of the molecule is CC(C)(C)OC(=O)N1CC2(C[C@H](N3CCC(c4ccccc4C4CCOCC4)CC3)CO2)C1.c1ccc(C2CCN([C@@H]3COC4(CNC4)C3)CC2)c(C2CCOCC2)c1. The van der Waals surface area contributed by atoms with Gasteiger partial charge < -0.3 is 33.9 Å². The van der Waals surface area contributed by atoms with Crippen molar-refractivity contribution in [2.24, 2.45) is 0 Å². The van der Waals surface area contributed by atoms with E-state index in [0.717, 1.165) is 91.0 Å². The maximum absolute atomic E-state index is 12.3. The van der Waals surface area contributed by atoms with E-state index in [1.165, 1.54) is 58.0 Å². The normalized spacial score (nSPS) is 28.6. The summed E-state index contributed by atoms with van der Waals surface area (Å²) in [4.78, 5) is 19.4. The second-order valence-corrected chi connectivity index (χ2v) is 20.3. The zero-order valence-electron chi connectivity index (χ0n) is 36.3. The number of carbonyl (C=O) groups is 1. The maximum atomic E-state index is 12.3. The molecule has 2 aromatic carbocycles. The van der Waals surface area contributed by atoms with E-state index >= 15 is 0 Å². The van der Waals surface area contributed by atoms with E-state index in [2.05, 4.69) is 63.6 Å². The fourth-order valence-electron chi connectivity index (χ4n) is 11.8. The molecule has 1 N–H and O–H groups in total. The number of likely N-dealkylation sites (tertiary alicyclic amines) is 3. The lowest BCUT2D eigenvalue weighted by Crippen LogP contribution is -2.64. The zero-order chi connectivity index (χ0) is 40.5. The summed E-state index contributed by atoms with van der Waals surface area (Å²) in [6, 6.07) is 19.5. The summed E-state index contributed by atoms with van der Waals surface area (Å²) in [5, 5.41) is 3.38. The van der Waals surface area contributed by atoms with Gasteiger partial charge in [0, 0.05) is 51.6 Å². The van der Waals surface area contributed by atoms with Crippen molar-refractivity contribution in [3.05, 3.63) is 70.8 Å². The Bertz CT molecular complexity index is 1690. The van der Waals surface area contributed by atoms with E-state index in [1.54, 1.807) is 27.2 Å². The minimum Gasteiger partial charge on any atom is -0.444 e. The molecule has 2 spiro atoms. The number of carbonyl (C=O) groups excluding carboxylic acids is 1. The van der Waals surface area contributed by atoms with E-state index in [1.807, 2.05) is 20.8 Å². The second-order valence-electron chi connectivity index (χ2n) is 20.3. The van der Waals surface area contributed by atoms with E-state index in [-0.39, 0.29) is 17.3 Å². The van der Waals surface area contributed by atoms with Gasteiger partial charge in [0.25, 0.3) is 0 Å². The summed E-state index contributed by atoms with van der Waals surface area (Å²) in [5.41, 5.74) is 5.95. The Morgan fingerprint density at radius 1 is 0.610 bits per heavy atom. The molecule has 59 heavy (non-hydrogen) atoms. The van der Waals surface area contributed by atoms with Crippen LogP contribution in [0.15, 0.2) is 48.5 Å². The molecule has 324 valence electrons. The van der Waals surface area contributed by atoms with Gasteiger partial charge in [-0.2, -0.15) is 0 Å². The standard InChI is InChI=1S/C27H40N2O4.C22H32N2O2/c1-26(2,3)33-25(30)29-18-27(19-29)16-22(17-32-27)28-12-8-20(9-13-28)23-6-4-5-7-24(23)21-10-14-31-15-11-21;1-2-4-21(18-7-11-25-12-8-18)20(3-1)17-5-9-24(10-6-17)19-13-22(26-14-19)15-23-16-22/h4-7,20-22H,8-19H2,1-3H3;1-4,17-19,23H,5-16H2/t22-;19-/m00/s1. The lowest BCUT2D eigenvalue weighted by molar-refractivity contribution is -0.109. The molecule has 10 heteroatoms. The fraction of sp³-hybridized carbons (Fsp3) is 0.735. The molecule has 10 nitrogen and oxygen atoms in total. The largest absolute Gasteiger partial charge is 0.444 e. The third-order valence-electron chi connectivity index (χ3n) is 15.2. The van der Waals surface area contributed by atoms with Crippen molar-refractivity contribution in [1.82, 2.24) is 20.0 Å². The van der Waals surface area contributed by atoms with Crippen molar-refractivity contribution in [3.8, 4) is 0 Å². The van der Waals surface area contributed by atoms with E-state index in [4.69, 9.17) is 23.7 Å². The molecule has 8 aliphatic rings. The number of benzene rings is 2. The van der Waals surface area contributed by atoms with Crippen LogP contribution >= 0.6 is 0 Å². The minimum atomic E-state index is -0.452. The van der Waals surface area contributed by atoms with Crippen molar-refractivity contribution in [1.29, 1.82) is 0 Å². The van der Waals surface area contributed by atoms with Gasteiger partial charge in [-0.25, -0.2) is 4.79 Å². The van der Waals surface area contributed by atoms with E-state index in [9.17, 15) is 4.79 Å². The van der Waals surface area contributed by atoms with Gasteiger partial charge in [0.05, 0.1) is 31.9 Å². The lowest BCUT2D eigenvalue weighted by atomic mass is 9.80. The molecule has 0 saturated carbocycles. The number of amides is 1. The highest BCUT2D eigenvalue weighted by molar-refractivity contribution is 5.69. The molecule has 2 atom stereocenters. The Kier molecular flexibility index (Phi) is 12.8. The van der Waals surface area contributed by atoms with Crippen LogP contribution in [0.2, 0.25) is 0 Å². The fourth-order valence-corrected chi connectivity index (χ4v) is 11.8. The number of hydrogen-bond acceptors (Lipinski definition) is 9. The second kappa shape index (κ2) is 18.0. The number of nitrogens with zero attached hydrogens (tertiary/aromatic N) is 3. The highest BCUT2D eigenvalue weighted by atomic mass is 16.6. The Morgan fingerprint density at radius 3 is 1.37 bits per heavy atom. The van der Waals surface area contributed by atoms with Crippen molar-refractivity contribution in [2.75, 3.05) is 92.0 Å². The average molecular weight is 813 g/mol. The maximum Gasteiger partial charge on any atom is 0.410 e. The molecule has 0 bridgehead atoms. The van der Waals surface area contributed by atoms with Crippen LogP contribution in [-0.4, -0.2) is 142 Å². The zero-order valence-corrected chi connectivity index (χ0v) is 36.3. The van der Waals surface area contributed by atoms with Gasteiger partial charge in [-0.3, -0.25) is 9.80 Å². The molecular weight excluding hydrogens is 741 g/mol. The molecule has 0 unspecified atom stereocenters. The molecule has 8 aliphatic heterocycles. The van der Waals surface area contributed by atoms with Crippen LogP contribution < -0.4 is 5.32 Å². The van der Waals surface area contributed by atoms with Gasteiger partial charge in [-0.05, 0) is 157 Å². The predicted molar refractivity (Wildman–Crippen MR) is 230 cm³/mol. The number of rotatable bonds is 6. The molecule has 10 rings (SSSR count). The van der Waals surface area contributed by atoms with E-state index < -0.39 is 5.60 Å². The van der Waals surface area contributed by atoms with Gasteiger partial charge in [-0.15, -0.1) is 0 Å². The van der Waals surface area contributed by atoms with Gasteiger partial charge in [0.1, 0.15) is 11.2 Å². The van der Waals surface area contributed by atoms with Crippen LogP contribution in [0.4, 0.5) is 4.79 Å².